The summed E-state index contributed by atoms with van der Waals surface area (Å²) in [4.78, 5) is 13.5. The number of amides is 1. The number of methoxy groups -OCH3 is 1. The minimum absolute atomic E-state index is 0.0523. The molecule has 0 atom stereocenters. The van der Waals surface area contributed by atoms with Crippen LogP contribution in [0.4, 0.5) is 0 Å². The minimum Gasteiger partial charge on any atom is -0.495 e. The monoisotopic (exact) mass is 460 g/mol. The summed E-state index contributed by atoms with van der Waals surface area (Å²) < 4.78 is 33.6. The molecule has 0 radical (unpaired) electrons. The third-order valence-corrected chi connectivity index (χ3v) is 6.76. The molecule has 6 nitrogen and oxygen atoms in total. The number of thiophene rings is 1. The molecule has 9 heteroatoms. The average molecular weight is 461 g/mol. The standard InChI is InChI=1S/C17H21BrN2O4S2/c1-11(2)20-26(22,23)15-10-12(4-6-14(15)24-3)17(21)19-9-8-13-5-7-16(18)25-13/h4-7,10-11,20H,8-9H2,1-3H3,(H,19,21). The summed E-state index contributed by atoms with van der Waals surface area (Å²) in [5.74, 6) is -0.137. The van der Waals surface area contributed by atoms with Gasteiger partial charge in [-0.15, -0.1) is 11.3 Å². The highest BCUT2D eigenvalue weighted by atomic mass is 79.9. The van der Waals surface area contributed by atoms with Crippen molar-refractivity contribution in [2.45, 2.75) is 31.2 Å². The summed E-state index contributed by atoms with van der Waals surface area (Å²) in [6.45, 7) is 3.91. The van der Waals surface area contributed by atoms with Crippen molar-refractivity contribution in [1.29, 1.82) is 0 Å². The van der Waals surface area contributed by atoms with Gasteiger partial charge in [-0.2, -0.15) is 0 Å². The van der Waals surface area contributed by atoms with Crippen molar-refractivity contribution in [3.05, 3.63) is 44.6 Å². The average Bonchev–Trinajstić information content (AvgIpc) is 2.98. The lowest BCUT2D eigenvalue weighted by Crippen LogP contribution is -2.31. The van der Waals surface area contributed by atoms with Gasteiger partial charge < -0.3 is 10.1 Å². The predicted molar refractivity (Wildman–Crippen MR) is 107 cm³/mol. The smallest absolute Gasteiger partial charge is 0.251 e. The van der Waals surface area contributed by atoms with E-state index in [9.17, 15) is 13.2 Å². The molecule has 0 bridgehead atoms. The van der Waals surface area contributed by atoms with Gasteiger partial charge in [0.05, 0.1) is 10.9 Å². The van der Waals surface area contributed by atoms with Crippen LogP contribution in [0.5, 0.6) is 5.75 Å². The Morgan fingerprint density at radius 1 is 1.27 bits per heavy atom. The van der Waals surface area contributed by atoms with Gasteiger partial charge in [-0.3, -0.25) is 4.79 Å². The molecule has 1 aromatic carbocycles. The molecule has 26 heavy (non-hydrogen) atoms. The molecule has 2 N–H and O–H groups in total. The number of rotatable bonds is 8. The molecule has 0 saturated carbocycles. The van der Waals surface area contributed by atoms with E-state index in [1.807, 2.05) is 12.1 Å². The lowest BCUT2D eigenvalue weighted by Gasteiger charge is -2.14. The number of ether oxygens (including phenoxy) is 1. The summed E-state index contributed by atoms with van der Waals surface area (Å²) >= 11 is 5.02. The number of hydrogen-bond acceptors (Lipinski definition) is 5. The molecule has 0 unspecified atom stereocenters. The Morgan fingerprint density at radius 2 is 2.00 bits per heavy atom. The van der Waals surface area contributed by atoms with E-state index >= 15 is 0 Å². The van der Waals surface area contributed by atoms with Crippen LogP contribution in [0.15, 0.2) is 39.0 Å². The molecule has 1 aromatic heterocycles. The van der Waals surface area contributed by atoms with Gasteiger partial charge in [-0.05, 0) is 66.5 Å². The van der Waals surface area contributed by atoms with Crippen LogP contribution >= 0.6 is 27.3 Å². The molecular formula is C17H21BrN2O4S2. The number of carbonyl (C=O) groups excluding carboxylic acids is 1. The first-order chi connectivity index (χ1) is 12.2. The van der Waals surface area contributed by atoms with Crippen LogP contribution < -0.4 is 14.8 Å². The zero-order valence-corrected chi connectivity index (χ0v) is 17.9. The maximum Gasteiger partial charge on any atom is 0.251 e. The summed E-state index contributed by atoms with van der Waals surface area (Å²) in [5, 5.41) is 2.81. The van der Waals surface area contributed by atoms with Crippen molar-refractivity contribution in [3.8, 4) is 5.75 Å². The van der Waals surface area contributed by atoms with E-state index in [0.29, 0.717) is 13.0 Å². The van der Waals surface area contributed by atoms with E-state index in [2.05, 4.69) is 26.0 Å². The Kier molecular flexibility index (Phi) is 7.22. The van der Waals surface area contributed by atoms with E-state index in [1.165, 1.54) is 19.2 Å². The highest BCUT2D eigenvalue weighted by Gasteiger charge is 2.22. The first-order valence-electron chi connectivity index (χ1n) is 7.95. The van der Waals surface area contributed by atoms with Gasteiger partial charge in [0.2, 0.25) is 10.0 Å². The Bertz CT molecular complexity index is 879. The van der Waals surface area contributed by atoms with E-state index in [1.54, 1.807) is 31.3 Å². The highest BCUT2D eigenvalue weighted by molar-refractivity contribution is 9.11. The summed E-state index contributed by atoms with van der Waals surface area (Å²) in [7, 11) is -2.39. The third-order valence-electron chi connectivity index (χ3n) is 3.39. The second kappa shape index (κ2) is 8.98. The third kappa shape index (κ3) is 5.54. The van der Waals surface area contributed by atoms with Crippen molar-refractivity contribution in [1.82, 2.24) is 10.0 Å². The number of benzene rings is 1. The Morgan fingerprint density at radius 3 is 2.58 bits per heavy atom. The number of nitrogens with one attached hydrogen (secondary N) is 2. The predicted octanol–water partition coefficient (Wildman–Crippen LogP) is 3.18. The van der Waals surface area contributed by atoms with Crippen LogP contribution in [0.3, 0.4) is 0 Å². The summed E-state index contributed by atoms with van der Waals surface area (Å²) in [6, 6.07) is 8.05. The maximum atomic E-state index is 12.5. The van der Waals surface area contributed by atoms with Gasteiger partial charge in [0, 0.05) is 23.0 Å². The van der Waals surface area contributed by atoms with Crippen molar-refractivity contribution in [2.24, 2.45) is 0 Å². The SMILES string of the molecule is COc1ccc(C(=O)NCCc2ccc(Br)s2)cc1S(=O)(=O)NC(C)C. The van der Waals surface area contributed by atoms with Crippen molar-refractivity contribution in [3.63, 3.8) is 0 Å². The molecule has 142 valence electrons. The lowest BCUT2D eigenvalue weighted by atomic mass is 10.2. The number of hydrogen-bond donors (Lipinski definition) is 2. The first-order valence-corrected chi connectivity index (χ1v) is 11.0. The van der Waals surface area contributed by atoms with E-state index < -0.39 is 10.0 Å². The second-order valence-corrected chi connectivity index (χ2v) is 10.1. The van der Waals surface area contributed by atoms with Gasteiger partial charge in [-0.1, -0.05) is 0 Å². The van der Waals surface area contributed by atoms with Gasteiger partial charge in [-0.25, -0.2) is 13.1 Å². The fourth-order valence-corrected chi connectivity index (χ4v) is 5.22. The molecule has 0 saturated heterocycles. The van der Waals surface area contributed by atoms with Crippen LogP contribution in [0.2, 0.25) is 0 Å². The maximum absolute atomic E-state index is 12.5. The molecular weight excluding hydrogens is 440 g/mol. The molecule has 1 amide bonds. The van der Waals surface area contributed by atoms with Crippen molar-refractivity contribution >= 4 is 43.2 Å². The fraction of sp³-hybridized carbons (Fsp3) is 0.353. The van der Waals surface area contributed by atoms with E-state index in [0.717, 1.165) is 8.66 Å². The molecule has 2 rings (SSSR count). The van der Waals surface area contributed by atoms with Crippen LogP contribution in [0, 0.1) is 0 Å². The zero-order chi connectivity index (χ0) is 19.3. The Hall–Kier alpha value is -1.42. The summed E-state index contributed by atoms with van der Waals surface area (Å²) in [6.07, 6.45) is 0.707. The number of halogens is 1. The molecule has 0 fully saturated rings. The molecule has 1 heterocycles. The van der Waals surface area contributed by atoms with Crippen LogP contribution in [-0.2, 0) is 16.4 Å². The molecule has 0 spiro atoms. The quantitative estimate of drug-likeness (QED) is 0.633. The fourth-order valence-electron chi connectivity index (χ4n) is 2.29. The minimum atomic E-state index is -3.78. The van der Waals surface area contributed by atoms with Gasteiger partial charge in [0.15, 0.2) is 0 Å². The molecule has 0 aliphatic rings. The van der Waals surface area contributed by atoms with Crippen molar-refractivity contribution in [2.75, 3.05) is 13.7 Å². The normalized spacial score (nSPS) is 11.6. The van der Waals surface area contributed by atoms with Crippen LogP contribution in [0.1, 0.15) is 29.1 Å². The molecule has 0 aliphatic heterocycles. The van der Waals surface area contributed by atoms with E-state index in [4.69, 9.17) is 4.74 Å². The Labute approximate surface area is 166 Å². The topological polar surface area (TPSA) is 84.5 Å². The van der Waals surface area contributed by atoms with Gasteiger partial charge in [0.25, 0.3) is 5.91 Å². The van der Waals surface area contributed by atoms with Crippen LogP contribution in [-0.4, -0.2) is 34.0 Å². The zero-order valence-electron chi connectivity index (χ0n) is 14.7. The van der Waals surface area contributed by atoms with Gasteiger partial charge in [0.1, 0.15) is 10.6 Å². The number of carbonyl (C=O) groups is 1. The largest absolute Gasteiger partial charge is 0.495 e. The van der Waals surface area contributed by atoms with Crippen LogP contribution in [0.25, 0.3) is 0 Å². The lowest BCUT2D eigenvalue weighted by molar-refractivity contribution is 0.0954. The second-order valence-electron chi connectivity index (χ2n) is 5.85. The molecule has 0 aliphatic carbocycles. The summed E-state index contributed by atoms with van der Waals surface area (Å²) in [5.41, 5.74) is 0.266. The highest BCUT2D eigenvalue weighted by Crippen LogP contribution is 2.25. The van der Waals surface area contributed by atoms with E-state index in [-0.39, 0.29) is 28.2 Å². The Balaban J connectivity index is 2.13. The number of sulfonamides is 1. The van der Waals surface area contributed by atoms with Crippen molar-refractivity contribution < 1.29 is 17.9 Å². The molecule has 2 aromatic rings. The first kappa shape index (κ1) is 20.9. The van der Waals surface area contributed by atoms with Gasteiger partial charge >= 0.3 is 0 Å².